The number of nitrogens with zero attached hydrogens (tertiary/aromatic N) is 7. The van der Waals surface area contributed by atoms with Crippen molar-refractivity contribution in [2.75, 3.05) is 30.2 Å². The van der Waals surface area contributed by atoms with Crippen LogP contribution in [-0.4, -0.2) is 71.0 Å². The fourth-order valence-electron chi connectivity index (χ4n) is 6.30. The van der Waals surface area contributed by atoms with E-state index in [2.05, 4.69) is 61.8 Å². The summed E-state index contributed by atoms with van der Waals surface area (Å²) in [4.78, 5) is 41.2. The molecule has 2 aromatic carbocycles. The summed E-state index contributed by atoms with van der Waals surface area (Å²) in [5, 5.41) is 18.3. The number of rotatable bonds is 19. The highest BCUT2D eigenvalue weighted by Crippen LogP contribution is 2.31. The van der Waals surface area contributed by atoms with E-state index >= 15 is 0 Å². The fraction of sp³-hybridized carbons (Fsp3) is 0.391. The van der Waals surface area contributed by atoms with Gasteiger partial charge in [-0.3, -0.25) is 19.4 Å². The molecule has 0 bridgehead atoms. The van der Waals surface area contributed by atoms with Gasteiger partial charge in [0.25, 0.3) is 0 Å². The molecule has 4 heterocycles. The monoisotopic (exact) mass is 926 g/mol. The molecule has 17 heteroatoms. The Morgan fingerprint density at radius 1 is 0.714 bits per heavy atom. The Morgan fingerprint density at radius 3 is 1.60 bits per heavy atom. The quantitative estimate of drug-likeness (QED) is 0.0519. The Kier molecular flexibility index (Phi) is 16.8. The van der Waals surface area contributed by atoms with Gasteiger partial charge in [0.15, 0.2) is 34.7 Å². The van der Waals surface area contributed by atoms with Gasteiger partial charge in [-0.15, -0.1) is 0 Å². The summed E-state index contributed by atoms with van der Waals surface area (Å²) in [6.45, 7) is 4.51. The zero-order chi connectivity index (χ0) is 44.7. The lowest BCUT2D eigenvalue weighted by molar-refractivity contribution is 0.0979. The predicted molar refractivity (Wildman–Crippen MR) is 241 cm³/mol. The van der Waals surface area contributed by atoms with Crippen LogP contribution in [-0.2, 0) is 32.2 Å². The maximum absolute atomic E-state index is 14.6. The van der Waals surface area contributed by atoms with Crippen LogP contribution in [0.4, 0.5) is 32.1 Å². The molecule has 0 aliphatic heterocycles. The number of benzene rings is 2. The zero-order valence-electron chi connectivity index (χ0n) is 36.0. The molecule has 2 aliphatic carbocycles. The van der Waals surface area contributed by atoms with Crippen molar-refractivity contribution in [3.8, 4) is 11.5 Å². The van der Waals surface area contributed by atoms with Crippen molar-refractivity contribution in [1.82, 2.24) is 39.9 Å². The number of aromatic amines is 1. The number of hydrogen-bond donors (Lipinski definition) is 3. The third-order valence-electron chi connectivity index (χ3n) is 10.4. The maximum Gasteiger partial charge on any atom is 0.227 e. The number of hydrogen-bond acceptors (Lipinski definition) is 12. The molecule has 63 heavy (non-hydrogen) atoms. The van der Waals surface area contributed by atoms with Crippen molar-refractivity contribution in [3.05, 3.63) is 119 Å². The van der Waals surface area contributed by atoms with Crippen LogP contribution in [0.3, 0.4) is 0 Å². The summed E-state index contributed by atoms with van der Waals surface area (Å²) in [7, 11) is 2.79. The first-order valence-corrected chi connectivity index (χ1v) is 22.2. The molecule has 4 aromatic heterocycles. The first-order valence-electron chi connectivity index (χ1n) is 21.1. The largest absolute Gasteiger partial charge is 0.494 e. The molecule has 6 aromatic rings. The zero-order valence-corrected chi connectivity index (χ0v) is 37.6. The Morgan fingerprint density at radius 2 is 1.21 bits per heavy atom. The summed E-state index contributed by atoms with van der Waals surface area (Å²) < 4.78 is 41.3. The molecule has 0 unspecified atom stereocenters. The highest BCUT2D eigenvalue weighted by molar-refractivity contribution is 9.09. The average molecular weight is 928 g/mol. The highest BCUT2D eigenvalue weighted by atomic mass is 79.9. The molecule has 0 atom stereocenters. The van der Waals surface area contributed by atoms with Crippen molar-refractivity contribution in [2.24, 2.45) is 11.8 Å². The van der Waals surface area contributed by atoms with Crippen LogP contribution in [0.1, 0.15) is 95.3 Å². The van der Waals surface area contributed by atoms with Crippen LogP contribution >= 0.6 is 15.9 Å². The van der Waals surface area contributed by atoms with Gasteiger partial charge in [0.1, 0.15) is 0 Å². The lowest BCUT2D eigenvalue weighted by atomic mass is 10.00. The van der Waals surface area contributed by atoms with E-state index in [1.807, 2.05) is 10.9 Å². The number of methoxy groups -OCH3 is 2. The number of carbonyl (C=O) groups excluding carboxylic acids is 2. The van der Waals surface area contributed by atoms with Crippen molar-refractivity contribution in [2.45, 2.75) is 84.6 Å². The molecule has 0 radical (unpaired) electrons. The number of anilines is 4. The van der Waals surface area contributed by atoms with Crippen LogP contribution in [0.25, 0.3) is 0 Å². The van der Waals surface area contributed by atoms with Gasteiger partial charge in [-0.25, -0.2) is 28.7 Å². The number of ketones is 2. The average Bonchev–Trinajstić information content (AvgIpc) is 4.23. The van der Waals surface area contributed by atoms with E-state index in [-0.39, 0.29) is 23.1 Å². The Labute approximate surface area is 374 Å². The molecular formula is C46H53BrF2N10O4. The van der Waals surface area contributed by atoms with Gasteiger partial charge < -0.3 is 20.1 Å². The van der Waals surface area contributed by atoms with E-state index in [0.717, 1.165) is 40.9 Å². The van der Waals surface area contributed by atoms with E-state index in [4.69, 9.17) is 9.47 Å². The summed E-state index contributed by atoms with van der Waals surface area (Å²) in [5.41, 5.74) is 5.15. The summed E-state index contributed by atoms with van der Waals surface area (Å²) in [5.74, 6) is 1.95. The molecular weight excluding hydrogens is 874 g/mol. The van der Waals surface area contributed by atoms with E-state index < -0.39 is 11.6 Å². The summed E-state index contributed by atoms with van der Waals surface area (Å²) >= 11 is 3.38. The van der Waals surface area contributed by atoms with E-state index in [9.17, 15) is 18.4 Å². The minimum absolute atomic E-state index is 0.0428. The molecule has 0 amide bonds. The second-order valence-electron chi connectivity index (χ2n) is 15.4. The van der Waals surface area contributed by atoms with Crippen molar-refractivity contribution in [3.63, 3.8) is 0 Å². The number of aromatic nitrogens is 8. The molecule has 8 rings (SSSR count). The second-order valence-corrected chi connectivity index (χ2v) is 16.1. The smallest absolute Gasteiger partial charge is 0.227 e. The SMILES string of the molecule is BrCC1CC1.CCC(=O)c1cc(CCc2cnc(Nc3cn[nH]c3)nc2)c(F)c(OC)c1.CCC(=O)c1cc(CCc2cnc(Nc3cnn(CC4CC4)c3)nc2)c(F)c(OC)c1. The molecule has 0 saturated heterocycles. The normalized spacial score (nSPS) is 12.9. The van der Waals surface area contributed by atoms with Crippen molar-refractivity contribution < 1.29 is 27.8 Å². The van der Waals surface area contributed by atoms with E-state index in [1.54, 1.807) is 69.4 Å². The van der Waals surface area contributed by atoms with Gasteiger partial charge in [0, 0.05) is 73.0 Å². The summed E-state index contributed by atoms with van der Waals surface area (Å²) in [6, 6.07) is 6.12. The number of ether oxygens (including phenoxy) is 2. The lowest BCUT2D eigenvalue weighted by Crippen LogP contribution is -2.04. The molecule has 2 aliphatic rings. The molecule has 3 N–H and O–H groups in total. The minimum atomic E-state index is -0.440. The topological polar surface area (TPSA) is 175 Å². The van der Waals surface area contributed by atoms with Crippen LogP contribution in [0, 0.1) is 23.5 Å². The maximum atomic E-state index is 14.6. The van der Waals surface area contributed by atoms with E-state index in [0.29, 0.717) is 72.7 Å². The minimum Gasteiger partial charge on any atom is -0.494 e. The molecule has 2 fully saturated rings. The molecule has 332 valence electrons. The van der Waals surface area contributed by atoms with Gasteiger partial charge in [-0.1, -0.05) is 29.8 Å². The summed E-state index contributed by atoms with van der Waals surface area (Å²) in [6.07, 6.45) is 22.0. The number of nitrogens with one attached hydrogen (secondary N) is 3. The first-order chi connectivity index (χ1) is 30.6. The van der Waals surface area contributed by atoms with E-state index in [1.165, 1.54) is 57.4 Å². The number of H-pyrrole nitrogens is 1. The van der Waals surface area contributed by atoms with Gasteiger partial charge in [0.05, 0.1) is 38.0 Å². The van der Waals surface area contributed by atoms with Crippen LogP contribution in [0.2, 0.25) is 0 Å². The Balaban J connectivity index is 0.000000190. The third-order valence-corrected chi connectivity index (χ3v) is 11.3. The van der Waals surface area contributed by atoms with Crippen LogP contribution < -0.4 is 20.1 Å². The fourth-order valence-corrected chi connectivity index (χ4v) is 6.95. The molecule has 2 saturated carbocycles. The van der Waals surface area contributed by atoms with Gasteiger partial charge >= 0.3 is 0 Å². The highest BCUT2D eigenvalue weighted by Gasteiger charge is 2.22. The van der Waals surface area contributed by atoms with Crippen molar-refractivity contribution in [1.29, 1.82) is 0 Å². The number of Topliss-reactive ketones (excluding diaryl/α,β-unsaturated/α-hetero) is 2. The first kappa shape index (κ1) is 46.4. The van der Waals surface area contributed by atoms with Crippen LogP contribution in [0.5, 0.6) is 11.5 Å². The Bertz CT molecular complexity index is 2410. The number of aryl methyl sites for hydroxylation is 4. The van der Waals surface area contributed by atoms with Gasteiger partial charge in [0.2, 0.25) is 11.9 Å². The molecule has 0 spiro atoms. The third kappa shape index (κ3) is 13.9. The Hall–Kier alpha value is -6.10. The van der Waals surface area contributed by atoms with Crippen LogP contribution in [0.15, 0.2) is 73.8 Å². The van der Waals surface area contributed by atoms with Crippen molar-refractivity contribution >= 4 is 50.8 Å². The number of carbonyl (C=O) groups is 2. The predicted octanol–water partition coefficient (Wildman–Crippen LogP) is 9.61. The van der Waals surface area contributed by atoms with Gasteiger partial charge in [-0.05, 0) is 110 Å². The number of alkyl halides is 1. The number of halogens is 3. The standard InChI is InChI=1S/C23H26FN5O2.C19H20FN5O2.C4H7Br/c1-3-20(30)18-8-17(22(24)21(9-18)31-2)7-6-16-10-25-23(26-11-16)28-19-12-27-29(14-19)13-15-4-5-15;1-3-16(26)14-6-13(18(20)17(7-14)27-2)5-4-12-8-21-19(22-9-12)25-15-10-23-24-11-15;5-3-4-1-2-4/h8-12,14-15H,3-7,13H2,1-2H3,(H,25,26,28);6-11H,3-5H2,1-2H3,(H,23,24)(H,21,22,25);4H,1-3H2. The second kappa shape index (κ2) is 22.8. The van der Waals surface area contributed by atoms with Gasteiger partial charge in [-0.2, -0.15) is 10.2 Å². The molecule has 14 nitrogen and oxygen atoms in total. The lowest BCUT2D eigenvalue weighted by Gasteiger charge is -2.11.